The molecule has 0 aliphatic rings. The highest BCUT2D eigenvalue weighted by atomic mass is 79.9. The lowest BCUT2D eigenvalue weighted by Crippen LogP contribution is -2.11. The third kappa shape index (κ3) is 2.63. The second-order valence-corrected chi connectivity index (χ2v) is 5.51. The Labute approximate surface area is 128 Å². The zero-order chi connectivity index (χ0) is 14.2. The molecule has 0 aliphatic carbocycles. The number of hydrogen-bond acceptors (Lipinski definition) is 3. The Morgan fingerprint density at radius 1 is 1.42 bits per heavy atom. The molecule has 0 unspecified atom stereocenters. The van der Waals surface area contributed by atoms with E-state index in [1.54, 1.807) is 10.9 Å². The lowest BCUT2D eigenvalue weighted by atomic mass is 10.1. The minimum absolute atomic E-state index is 0.213. The molecule has 2 N–H and O–H groups in total. The number of ketones is 1. The van der Waals surface area contributed by atoms with Crippen LogP contribution in [0, 0.1) is 0 Å². The lowest BCUT2D eigenvalue weighted by Gasteiger charge is -2.07. The van der Waals surface area contributed by atoms with E-state index in [0.717, 1.165) is 0 Å². The standard InChI is InChI=1S/C12H10BrCl2N3O/c1-2-18-11(7(13)5-17-18)12(19)6-3-8(14)10(16)9(15)4-6/h3-5H,2,16H2,1H3. The van der Waals surface area contributed by atoms with Crippen LogP contribution in [0.15, 0.2) is 22.8 Å². The summed E-state index contributed by atoms with van der Waals surface area (Å²) < 4.78 is 2.23. The van der Waals surface area contributed by atoms with Gasteiger partial charge in [0.05, 0.1) is 26.4 Å². The first-order valence-electron chi connectivity index (χ1n) is 5.46. The fraction of sp³-hybridized carbons (Fsp3) is 0.167. The van der Waals surface area contributed by atoms with Crippen LogP contribution in [0.5, 0.6) is 0 Å². The quantitative estimate of drug-likeness (QED) is 0.667. The summed E-state index contributed by atoms with van der Waals surface area (Å²) in [4.78, 5) is 12.5. The van der Waals surface area contributed by atoms with E-state index in [9.17, 15) is 4.79 Å². The Hall–Kier alpha value is -1.04. The van der Waals surface area contributed by atoms with E-state index in [1.165, 1.54) is 12.1 Å². The predicted octanol–water partition coefficient (Wildman–Crippen LogP) is 3.79. The van der Waals surface area contributed by atoms with Crippen molar-refractivity contribution >= 4 is 50.6 Å². The highest BCUT2D eigenvalue weighted by Crippen LogP contribution is 2.30. The molecule has 2 aromatic rings. The van der Waals surface area contributed by atoms with Gasteiger partial charge in [0.2, 0.25) is 5.78 Å². The Bertz CT molecular complexity index is 631. The monoisotopic (exact) mass is 361 g/mol. The van der Waals surface area contributed by atoms with E-state index < -0.39 is 0 Å². The van der Waals surface area contributed by atoms with Crippen molar-refractivity contribution in [1.29, 1.82) is 0 Å². The minimum Gasteiger partial charge on any atom is -0.396 e. The van der Waals surface area contributed by atoms with Crippen molar-refractivity contribution in [2.45, 2.75) is 13.5 Å². The molecule has 0 radical (unpaired) electrons. The normalized spacial score (nSPS) is 10.7. The number of aryl methyl sites for hydroxylation is 1. The minimum atomic E-state index is -0.213. The molecule has 100 valence electrons. The molecule has 0 atom stereocenters. The van der Waals surface area contributed by atoms with E-state index >= 15 is 0 Å². The van der Waals surface area contributed by atoms with Gasteiger partial charge in [-0.3, -0.25) is 9.48 Å². The number of aromatic nitrogens is 2. The zero-order valence-electron chi connectivity index (χ0n) is 9.95. The number of nitrogens with zero attached hydrogens (tertiary/aromatic N) is 2. The first-order valence-corrected chi connectivity index (χ1v) is 7.01. The number of anilines is 1. The van der Waals surface area contributed by atoms with Crippen LogP contribution in [0.2, 0.25) is 10.0 Å². The van der Waals surface area contributed by atoms with E-state index in [1.807, 2.05) is 6.92 Å². The second-order valence-electron chi connectivity index (χ2n) is 3.84. The van der Waals surface area contributed by atoms with E-state index in [4.69, 9.17) is 28.9 Å². The summed E-state index contributed by atoms with van der Waals surface area (Å²) in [7, 11) is 0. The van der Waals surface area contributed by atoms with Gasteiger partial charge in [-0.15, -0.1) is 0 Å². The van der Waals surface area contributed by atoms with Crippen molar-refractivity contribution in [1.82, 2.24) is 9.78 Å². The molecule has 1 aromatic carbocycles. The number of nitrogen functional groups attached to an aromatic ring is 1. The van der Waals surface area contributed by atoms with Gasteiger partial charge in [0.25, 0.3) is 0 Å². The van der Waals surface area contributed by atoms with Gasteiger partial charge in [0.1, 0.15) is 5.69 Å². The maximum atomic E-state index is 12.5. The molecule has 4 nitrogen and oxygen atoms in total. The molecule has 1 heterocycles. The predicted molar refractivity (Wildman–Crippen MR) is 79.9 cm³/mol. The Morgan fingerprint density at radius 2 is 2.00 bits per heavy atom. The van der Waals surface area contributed by atoms with Crippen molar-refractivity contribution in [3.63, 3.8) is 0 Å². The molecule has 0 fully saturated rings. The van der Waals surface area contributed by atoms with Crippen molar-refractivity contribution in [3.8, 4) is 0 Å². The fourth-order valence-corrected chi connectivity index (χ4v) is 2.64. The Balaban J connectivity index is 2.53. The Morgan fingerprint density at radius 3 is 2.53 bits per heavy atom. The summed E-state index contributed by atoms with van der Waals surface area (Å²) in [5.74, 6) is -0.213. The summed E-state index contributed by atoms with van der Waals surface area (Å²) in [6.07, 6.45) is 1.58. The fourth-order valence-electron chi connectivity index (χ4n) is 1.68. The molecule has 0 amide bonds. The van der Waals surface area contributed by atoms with Crippen LogP contribution in [0.1, 0.15) is 23.0 Å². The van der Waals surface area contributed by atoms with Gasteiger partial charge in [0, 0.05) is 12.1 Å². The van der Waals surface area contributed by atoms with Crippen molar-refractivity contribution in [3.05, 3.63) is 44.1 Å². The van der Waals surface area contributed by atoms with Crippen LogP contribution >= 0.6 is 39.1 Å². The molecule has 0 spiro atoms. The van der Waals surface area contributed by atoms with Crippen LogP contribution < -0.4 is 5.73 Å². The van der Waals surface area contributed by atoms with Gasteiger partial charge in [-0.1, -0.05) is 23.2 Å². The second kappa shape index (κ2) is 5.53. The van der Waals surface area contributed by atoms with Gasteiger partial charge in [0.15, 0.2) is 0 Å². The smallest absolute Gasteiger partial charge is 0.212 e. The lowest BCUT2D eigenvalue weighted by molar-refractivity contribution is 0.102. The summed E-state index contributed by atoms with van der Waals surface area (Å²) >= 11 is 15.2. The van der Waals surface area contributed by atoms with E-state index in [0.29, 0.717) is 22.3 Å². The average molecular weight is 363 g/mol. The number of carbonyl (C=O) groups excluding carboxylic acids is 1. The highest BCUT2D eigenvalue weighted by molar-refractivity contribution is 9.10. The van der Waals surface area contributed by atoms with Crippen molar-refractivity contribution in [2.75, 3.05) is 5.73 Å². The molecular weight excluding hydrogens is 353 g/mol. The van der Waals surface area contributed by atoms with E-state index in [2.05, 4.69) is 21.0 Å². The molecule has 7 heteroatoms. The van der Waals surface area contributed by atoms with Crippen LogP contribution in [-0.2, 0) is 6.54 Å². The first-order chi connectivity index (χ1) is 8.95. The summed E-state index contributed by atoms with van der Waals surface area (Å²) in [6.45, 7) is 2.49. The average Bonchev–Trinajstić information content (AvgIpc) is 2.75. The molecule has 1 aromatic heterocycles. The number of rotatable bonds is 3. The van der Waals surface area contributed by atoms with E-state index in [-0.39, 0.29) is 21.5 Å². The molecule has 0 saturated heterocycles. The molecule has 2 rings (SSSR count). The topological polar surface area (TPSA) is 60.9 Å². The molecule has 0 aliphatic heterocycles. The maximum Gasteiger partial charge on any atom is 0.212 e. The number of benzene rings is 1. The molecule has 0 bridgehead atoms. The number of nitrogens with two attached hydrogens (primary N) is 1. The molecular formula is C12H10BrCl2N3O. The van der Waals surface area contributed by atoms with Gasteiger partial charge < -0.3 is 5.73 Å². The van der Waals surface area contributed by atoms with Gasteiger partial charge in [-0.05, 0) is 35.0 Å². The number of hydrogen-bond donors (Lipinski definition) is 1. The van der Waals surface area contributed by atoms with Crippen molar-refractivity contribution in [2.24, 2.45) is 0 Å². The highest BCUT2D eigenvalue weighted by Gasteiger charge is 2.20. The summed E-state index contributed by atoms with van der Waals surface area (Å²) in [6, 6.07) is 3.01. The van der Waals surface area contributed by atoms with Gasteiger partial charge >= 0.3 is 0 Å². The summed E-state index contributed by atoms with van der Waals surface area (Å²) in [5.41, 5.74) is 6.75. The number of halogens is 3. The first kappa shape index (κ1) is 14.4. The third-order valence-corrected chi connectivity index (χ3v) is 3.86. The molecule has 0 saturated carbocycles. The zero-order valence-corrected chi connectivity index (χ0v) is 13.1. The SMILES string of the molecule is CCn1ncc(Br)c1C(=O)c1cc(Cl)c(N)c(Cl)c1. The maximum absolute atomic E-state index is 12.5. The largest absolute Gasteiger partial charge is 0.396 e. The van der Waals surface area contributed by atoms with Gasteiger partial charge in [-0.25, -0.2) is 0 Å². The summed E-state index contributed by atoms with van der Waals surface area (Å²) in [5, 5.41) is 4.62. The van der Waals surface area contributed by atoms with Crippen LogP contribution in [0.3, 0.4) is 0 Å². The number of carbonyl (C=O) groups is 1. The van der Waals surface area contributed by atoms with Crippen LogP contribution in [0.25, 0.3) is 0 Å². The Kier molecular flexibility index (Phi) is 4.18. The van der Waals surface area contributed by atoms with Crippen LogP contribution in [0.4, 0.5) is 5.69 Å². The van der Waals surface area contributed by atoms with Gasteiger partial charge in [-0.2, -0.15) is 5.10 Å². The van der Waals surface area contributed by atoms with Crippen LogP contribution in [-0.4, -0.2) is 15.6 Å². The molecule has 19 heavy (non-hydrogen) atoms. The third-order valence-electron chi connectivity index (χ3n) is 2.65. The van der Waals surface area contributed by atoms with Crippen molar-refractivity contribution < 1.29 is 4.79 Å².